The Morgan fingerprint density at radius 3 is 2.71 bits per heavy atom. The van der Waals surface area contributed by atoms with Gasteiger partial charge in [-0.1, -0.05) is 30.0 Å². The molecule has 0 bridgehead atoms. The number of nitrogens with zero attached hydrogens (tertiary/aromatic N) is 6. The van der Waals surface area contributed by atoms with Crippen molar-refractivity contribution in [1.29, 1.82) is 0 Å². The molecule has 31 heavy (non-hydrogen) atoms. The van der Waals surface area contributed by atoms with Crippen LogP contribution in [-0.4, -0.2) is 51.3 Å². The molecule has 4 aromatic rings. The first kappa shape index (κ1) is 20.2. The molecule has 1 aliphatic heterocycles. The van der Waals surface area contributed by atoms with Gasteiger partial charge in [0.15, 0.2) is 5.16 Å². The Balaban J connectivity index is 1.46. The molecule has 0 unspecified atom stereocenters. The molecule has 10 heteroatoms. The van der Waals surface area contributed by atoms with Gasteiger partial charge in [0, 0.05) is 13.1 Å². The second kappa shape index (κ2) is 8.81. The second-order valence-electron chi connectivity index (χ2n) is 7.24. The molecule has 8 nitrogen and oxygen atoms in total. The van der Waals surface area contributed by atoms with Gasteiger partial charge in [-0.2, -0.15) is 0 Å². The van der Waals surface area contributed by atoms with Crippen LogP contribution in [-0.2, 0) is 4.74 Å². The lowest BCUT2D eigenvalue weighted by molar-refractivity contribution is 0.122. The third-order valence-corrected chi connectivity index (χ3v) is 6.86. The monoisotopic (exact) mass is 454 g/mol. The van der Waals surface area contributed by atoms with Crippen LogP contribution in [0.1, 0.15) is 23.6 Å². The number of thiophene rings is 1. The quantitative estimate of drug-likeness (QED) is 0.397. The highest BCUT2D eigenvalue weighted by Crippen LogP contribution is 2.37. The van der Waals surface area contributed by atoms with Crippen molar-refractivity contribution >= 4 is 29.0 Å². The van der Waals surface area contributed by atoms with Crippen molar-refractivity contribution in [1.82, 2.24) is 25.0 Å². The van der Waals surface area contributed by atoms with Crippen molar-refractivity contribution in [3.8, 4) is 16.5 Å². The first-order valence-electron chi connectivity index (χ1n) is 10.1. The first-order chi connectivity index (χ1) is 15.2. The topological polar surface area (TPSA) is 82.1 Å². The van der Waals surface area contributed by atoms with Crippen molar-refractivity contribution in [2.24, 2.45) is 0 Å². The number of rotatable bonds is 6. The van der Waals surface area contributed by atoms with E-state index in [9.17, 15) is 0 Å². The third-order valence-electron chi connectivity index (χ3n) is 4.97. The summed E-state index contributed by atoms with van der Waals surface area (Å²) in [6, 6.07) is 12.3. The van der Waals surface area contributed by atoms with E-state index in [1.165, 1.54) is 5.56 Å². The zero-order valence-corrected chi connectivity index (χ0v) is 18.9. The van der Waals surface area contributed by atoms with Crippen LogP contribution in [0.15, 0.2) is 51.4 Å². The van der Waals surface area contributed by atoms with Crippen LogP contribution >= 0.6 is 23.1 Å². The van der Waals surface area contributed by atoms with Crippen molar-refractivity contribution in [2.75, 3.05) is 31.2 Å². The van der Waals surface area contributed by atoms with E-state index in [4.69, 9.17) is 9.15 Å². The Hall–Kier alpha value is -2.69. The molecule has 1 aromatic carbocycles. The Morgan fingerprint density at radius 2 is 1.94 bits per heavy atom. The minimum absolute atomic E-state index is 0.0773. The highest BCUT2D eigenvalue weighted by molar-refractivity contribution is 7.99. The minimum Gasteiger partial charge on any atom is -0.419 e. The van der Waals surface area contributed by atoms with Crippen LogP contribution in [0.2, 0.25) is 0 Å². The maximum absolute atomic E-state index is 5.93. The predicted octanol–water partition coefficient (Wildman–Crippen LogP) is 4.38. The number of ether oxygens (including phenoxy) is 1. The Bertz CT molecular complexity index is 1150. The van der Waals surface area contributed by atoms with E-state index in [-0.39, 0.29) is 5.25 Å². The summed E-state index contributed by atoms with van der Waals surface area (Å²) in [5.41, 5.74) is 2.21. The molecule has 0 N–H and O–H groups in total. The van der Waals surface area contributed by atoms with Crippen molar-refractivity contribution in [3.05, 3.63) is 53.2 Å². The largest absolute Gasteiger partial charge is 0.419 e. The number of morpholine rings is 1. The summed E-state index contributed by atoms with van der Waals surface area (Å²) < 4.78 is 13.6. The number of hydrogen-bond acceptors (Lipinski definition) is 9. The molecule has 4 heterocycles. The van der Waals surface area contributed by atoms with Gasteiger partial charge in [0.05, 0.1) is 29.0 Å². The van der Waals surface area contributed by atoms with Gasteiger partial charge < -0.3 is 14.1 Å². The van der Waals surface area contributed by atoms with E-state index in [0.717, 1.165) is 34.8 Å². The molecule has 0 saturated carbocycles. The summed E-state index contributed by atoms with van der Waals surface area (Å²) in [6.45, 7) is 7.08. The maximum Gasteiger partial charge on any atom is 0.257 e. The van der Waals surface area contributed by atoms with Gasteiger partial charge >= 0.3 is 0 Å². The molecule has 0 amide bonds. The molecule has 1 aliphatic rings. The molecule has 5 rings (SSSR count). The fourth-order valence-corrected chi connectivity index (χ4v) is 4.94. The highest BCUT2D eigenvalue weighted by atomic mass is 32.2. The third kappa shape index (κ3) is 4.23. The lowest BCUT2D eigenvalue weighted by Gasteiger charge is -2.28. The lowest BCUT2D eigenvalue weighted by atomic mass is 10.2. The molecule has 0 radical (unpaired) electrons. The Labute approximate surface area is 188 Å². The van der Waals surface area contributed by atoms with Crippen LogP contribution in [0.3, 0.4) is 0 Å². The smallest absolute Gasteiger partial charge is 0.257 e. The van der Waals surface area contributed by atoms with E-state index in [1.807, 2.05) is 24.4 Å². The number of aryl methyl sites for hydroxylation is 1. The fourth-order valence-electron chi connectivity index (χ4n) is 3.41. The van der Waals surface area contributed by atoms with Gasteiger partial charge in [0.25, 0.3) is 5.89 Å². The zero-order valence-electron chi connectivity index (χ0n) is 17.3. The number of benzene rings is 1. The van der Waals surface area contributed by atoms with Gasteiger partial charge in [-0.05, 0) is 43.0 Å². The van der Waals surface area contributed by atoms with E-state index in [1.54, 1.807) is 23.1 Å². The fraction of sp³-hybridized carbons (Fsp3) is 0.333. The summed E-state index contributed by atoms with van der Waals surface area (Å²) in [5.74, 6) is 1.94. The molecule has 1 atom stereocenters. The molecule has 0 aliphatic carbocycles. The minimum atomic E-state index is -0.0773. The van der Waals surface area contributed by atoms with Crippen LogP contribution < -0.4 is 4.90 Å². The Morgan fingerprint density at radius 1 is 1.06 bits per heavy atom. The second-order valence-corrected chi connectivity index (χ2v) is 9.49. The standard InChI is InChI=1S/C21H22N6O2S2/c1-14-5-3-6-16(13-14)27-20(26-8-10-28-11-9-26)24-25-21(27)31-15(2)18-22-23-19(29-18)17-7-4-12-30-17/h3-7,12-13,15H,8-11H2,1-2H3/t15-/m1/s1. The van der Waals surface area contributed by atoms with Crippen molar-refractivity contribution in [2.45, 2.75) is 24.3 Å². The van der Waals surface area contributed by atoms with Gasteiger partial charge in [-0.3, -0.25) is 4.57 Å². The molecule has 1 fully saturated rings. The number of aromatic nitrogens is 5. The summed E-state index contributed by atoms with van der Waals surface area (Å²) in [6.07, 6.45) is 0. The average molecular weight is 455 g/mol. The molecule has 0 spiro atoms. The highest BCUT2D eigenvalue weighted by Gasteiger charge is 2.25. The van der Waals surface area contributed by atoms with Crippen LogP contribution in [0.25, 0.3) is 16.5 Å². The molecule has 1 saturated heterocycles. The van der Waals surface area contributed by atoms with Crippen molar-refractivity contribution < 1.29 is 9.15 Å². The van der Waals surface area contributed by atoms with Gasteiger partial charge in [0.2, 0.25) is 11.8 Å². The van der Waals surface area contributed by atoms with E-state index in [0.29, 0.717) is 25.0 Å². The van der Waals surface area contributed by atoms with E-state index >= 15 is 0 Å². The number of thioether (sulfide) groups is 1. The van der Waals surface area contributed by atoms with E-state index < -0.39 is 0 Å². The molecule has 160 valence electrons. The average Bonchev–Trinajstić information content (AvgIpc) is 3.54. The summed E-state index contributed by atoms with van der Waals surface area (Å²) in [4.78, 5) is 3.18. The molecular formula is C21H22N6O2S2. The SMILES string of the molecule is Cc1cccc(-n2c(S[C@H](C)c3nnc(-c4cccs4)o3)nnc2N2CCOCC2)c1. The van der Waals surface area contributed by atoms with Crippen molar-refractivity contribution in [3.63, 3.8) is 0 Å². The van der Waals surface area contributed by atoms with E-state index in [2.05, 4.69) is 61.1 Å². The summed E-state index contributed by atoms with van der Waals surface area (Å²) in [7, 11) is 0. The Kier molecular flexibility index (Phi) is 5.75. The first-order valence-corrected chi connectivity index (χ1v) is 11.8. The van der Waals surface area contributed by atoms with Crippen LogP contribution in [0, 0.1) is 6.92 Å². The molecular weight excluding hydrogens is 432 g/mol. The summed E-state index contributed by atoms with van der Waals surface area (Å²) in [5, 5.41) is 20.2. The zero-order chi connectivity index (χ0) is 21.2. The number of hydrogen-bond donors (Lipinski definition) is 0. The van der Waals surface area contributed by atoms with Gasteiger partial charge in [-0.25, -0.2) is 0 Å². The summed E-state index contributed by atoms with van der Waals surface area (Å²) >= 11 is 3.14. The maximum atomic E-state index is 5.93. The van der Waals surface area contributed by atoms with Gasteiger partial charge in [-0.15, -0.1) is 31.7 Å². The van der Waals surface area contributed by atoms with Crippen LogP contribution in [0.5, 0.6) is 0 Å². The predicted molar refractivity (Wildman–Crippen MR) is 121 cm³/mol. The molecule has 3 aromatic heterocycles. The van der Waals surface area contributed by atoms with Gasteiger partial charge in [0.1, 0.15) is 0 Å². The van der Waals surface area contributed by atoms with Crippen LogP contribution in [0.4, 0.5) is 5.95 Å². The number of anilines is 1. The lowest BCUT2D eigenvalue weighted by Crippen LogP contribution is -2.37. The normalized spacial score (nSPS) is 15.4.